The van der Waals surface area contributed by atoms with Crippen LogP contribution in [-0.4, -0.2) is 63.7 Å². The summed E-state index contributed by atoms with van der Waals surface area (Å²) < 4.78 is 37.7. The molecule has 0 spiro atoms. The van der Waals surface area contributed by atoms with E-state index < -0.39 is 16.1 Å². The Hall–Kier alpha value is -2.69. The molecule has 1 heterocycles. The second-order valence-corrected chi connectivity index (χ2v) is 12.3. The van der Waals surface area contributed by atoms with Crippen LogP contribution in [0.15, 0.2) is 36.4 Å². The van der Waals surface area contributed by atoms with E-state index in [1.165, 1.54) is 9.21 Å². The van der Waals surface area contributed by atoms with E-state index in [-0.39, 0.29) is 37.7 Å². The molecule has 2 amide bonds. The number of halogens is 2. The molecular formula is C28H37Cl2N3O6S. The maximum Gasteiger partial charge on any atom is 0.242 e. The van der Waals surface area contributed by atoms with Gasteiger partial charge in [0.1, 0.15) is 19.3 Å². The summed E-state index contributed by atoms with van der Waals surface area (Å²) in [7, 11) is -3.66. The fourth-order valence-corrected chi connectivity index (χ4v) is 5.94. The Morgan fingerprint density at radius 3 is 2.33 bits per heavy atom. The Morgan fingerprint density at radius 2 is 1.70 bits per heavy atom. The first-order valence-corrected chi connectivity index (χ1v) is 16.0. The predicted molar refractivity (Wildman–Crippen MR) is 158 cm³/mol. The first-order chi connectivity index (χ1) is 19.1. The fourth-order valence-electron chi connectivity index (χ4n) is 4.47. The number of hydrogen-bond acceptors (Lipinski definition) is 6. The minimum Gasteiger partial charge on any atom is -0.486 e. The molecule has 2 aromatic carbocycles. The lowest BCUT2D eigenvalue weighted by atomic mass is 10.1. The van der Waals surface area contributed by atoms with Crippen LogP contribution in [0.3, 0.4) is 0 Å². The van der Waals surface area contributed by atoms with Crippen LogP contribution >= 0.6 is 23.2 Å². The molecule has 1 aliphatic heterocycles. The molecule has 0 bridgehead atoms. The van der Waals surface area contributed by atoms with Gasteiger partial charge in [-0.15, -0.1) is 0 Å². The molecule has 0 fully saturated rings. The zero-order valence-electron chi connectivity index (χ0n) is 23.1. The summed E-state index contributed by atoms with van der Waals surface area (Å²) in [4.78, 5) is 28.2. The van der Waals surface area contributed by atoms with E-state index in [0.717, 1.165) is 19.1 Å². The van der Waals surface area contributed by atoms with Crippen molar-refractivity contribution in [1.82, 2.24) is 10.2 Å². The standard InChI is InChI=1S/C28H37Cl2N3O6S/c1-4-6-14-31-28(35)24(5-2)32(19-21-22(29)9-7-10-23(21)30)27(34)11-8-15-33(40(3,36)37)20-12-13-25-26(18-20)39-17-16-38-25/h7,9-10,12-13,18,24H,4-6,8,11,14-17,19H2,1-3H3,(H,31,35). The lowest BCUT2D eigenvalue weighted by molar-refractivity contribution is -0.141. The highest BCUT2D eigenvalue weighted by atomic mass is 35.5. The number of amides is 2. The van der Waals surface area contributed by atoms with Gasteiger partial charge in [0.2, 0.25) is 21.8 Å². The molecule has 40 heavy (non-hydrogen) atoms. The highest BCUT2D eigenvalue weighted by Gasteiger charge is 2.30. The normalized spacial score (nSPS) is 13.4. The Balaban J connectivity index is 1.79. The Morgan fingerprint density at radius 1 is 1.02 bits per heavy atom. The molecule has 1 unspecified atom stereocenters. The Kier molecular flexibility index (Phi) is 11.8. The number of nitrogens with zero attached hydrogens (tertiary/aromatic N) is 2. The minimum absolute atomic E-state index is 0.0113. The van der Waals surface area contributed by atoms with Crippen molar-refractivity contribution in [2.75, 3.05) is 36.9 Å². The van der Waals surface area contributed by atoms with Crippen LogP contribution < -0.4 is 19.1 Å². The van der Waals surface area contributed by atoms with E-state index >= 15 is 0 Å². The van der Waals surface area contributed by atoms with Crippen molar-refractivity contribution < 1.29 is 27.5 Å². The number of hydrogen-bond donors (Lipinski definition) is 1. The second kappa shape index (κ2) is 14.8. The highest BCUT2D eigenvalue weighted by Crippen LogP contribution is 2.35. The molecule has 0 saturated heterocycles. The number of sulfonamides is 1. The molecule has 0 aromatic heterocycles. The lowest BCUT2D eigenvalue weighted by Gasteiger charge is -2.31. The van der Waals surface area contributed by atoms with Crippen molar-refractivity contribution in [3.63, 3.8) is 0 Å². The number of nitrogens with one attached hydrogen (secondary N) is 1. The van der Waals surface area contributed by atoms with E-state index in [4.69, 9.17) is 32.7 Å². The molecular weight excluding hydrogens is 577 g/mol. The van der Waals surface area contributed by atoms with Crippen molar-refractivity contribution in [1.29, 1.82) is 0 Å². The predicted octanol–water partition coefficient (Wildman–Crippen LogP) is 5.03. The summed E-state index contributed by atoms with van der Waals surface area (Å²) in [5.74, 6) is 0.470. The number of rotatable bonds is 14. The van der Waals surface area contributed by atoms with Gasteiger partial charge in [0.05, 0.1) is 11.9 Å². The van der Waals surface area contributed by atoms with Gasteiger partial charge in [0.25, 0.3) is 0 Å². The molecule has 3 rings (SSSR count). The van der Waals surface area contributed by atoms with Crippen LogP contribution in [0, 0.1) is 0 Å². The third-order valence-corrected chi connectivity index (χ3v) is 8.47. The van der Waals surface area contributed by atoms with E-state index in [0.29, 0.717) is 59.0 Å². The molecule has 0 aliphatic carbocycles. The van der Waals surface area contributed by atoms with Gasteiger partial charge >= 0.3 is 0 Å². The summed E-state index contributed by atoms with van der Waals surface area (Å²) >= 11 is 12.8. The van der Waals surface area contributed by atoms with Crippen LogP contribution in [0.2, 0.25) is 10.0 Å². The van der Waals surface area contributed by atoms with Crippen molar-refractivity contribution in [3.05, 3.63) is 52.0 Å². The summed E-state index contributed by atoms with van der Waals surface area (Å²) in [5, 5.41) is 3.71. The van der Waals surface area contributed by atoms with Crippen LogP contribution in [0.25, 0.3) is 0 Å². The summed E-state index contributed by atoms with van der Waals surface area (Å²) in [6.07, 6.45) is 3.49. The summed E-state index contributed by atoms with van der Waals surface area (Å²) in [6.45, 7) is 5.30. The number of anilines is 1. The zero-order chi connectivity index (χ0) is 29.3. The van der Waals surface area contributed by atoms with E-state index in [1.807, 2.05) is 13.8 Å². The highest BCUT2D eigenvalue weighted by molar-refractivity contribution is 7.92. The van der Waals surface area contributed by atoms with E-state index in [9.17, 15) is 18.0 Å². The van der Waals surface area contributed by atoms with Gasteiger partial charge in [0, 0.05) is 47.7 Å². The first-order valence-electron chi connectivity index (χ1n) is 13.4. The van der Waals surface area contributed by atoms with Gasteiger partial charge in [0.15, 0.2) is 11.5 Å². The summed E-state index contributed by atoms with van der Waals surface area (Å²) in [6, 6.07) is 9.29. The SMILES string of the molecule is CCCCNC(=O)C(CC)N(Cc1c(Cl)cccc1Cl)C(=O)CCCN(c1ccc2c(c1)OCCO2)S(C)(=O)=O. The average Bonchev–Trinajstić information content (AvgIpc) is 2.91. The van der Waals surface area contributed by atoms with Crippen LogP contribution in [0.4, 0.5) is 5.69 Å². The number of unbranched alkanes of at least 4 members (excludes halogenated alkanes) is 1. The zero-order valence-corrected chi connectivity index (χ0v) is 25.4. The van der Waals surface area contributed by atoms with Crippen molar-refractivity contribution in [2.45, 2.75) is 58.5 Å². The topological polar surface area (TPSA) is 105 Å². The van der Waals surface area contributed by atoms with Crippen molar-refractivity contribution >= 4 is 50.7 Å². The quantitative estimate of drug-likeness (QED) is 0.299. The maximum absolute atomic E-state index is 13.6. The molecule has 9 nitrogen and oxygen atoms in total. The van der Waals surface area contributed by atoms with Crippen LogP contribution in [0.5, 0.6) is 11.5 Å². The van der Waals surface area contributed by atoms with Gasteiger partial charge in [-0.1, -0.05) is 49.5 Å². The lowest BCUT2D eigenvalue weighted by Crippen LogP contribution is -2.49. The average molecular weight is 615 g/mol. The smallest absolute Gasteiger partial charge is 0.242 e. The van der Waals surface area contributed by atoms with Gasteiger partial charge in [-0.05, 0) is 43.5 Å². The van der Waals surface area contributed by atoms with E-state index in [2.05, 4.69) is 5.32 Å². The summed E-state index contributed by atoms with van der Waals surface area (Å²) in [5.41, 5.74) is 0.966. The molecule has 0 radical (unpaired) electrons. The number of fused-ring (bicyclic) bond motifs is 1. The number of carbonyl (C=O) groups excluding carboxylic acids is 2. The Labute approximate surface area is 246 Å². The van der Waals surface area contributed by atoms with Crippen LogP contribution in [-0.2, 0) is 26.2 Å². The van der Waals surface area contributed by atoms with Gasteiger partial charge < -0.3 is 19.7 Å². The number of benzene rings is 2. The second-order valence-electron chi connectivity index (χ2n) is 9.56. The maximum atomic E-state index is 13.6. The fraction of sp³-hybridized carbons (Fsp3) is 0.500. The third-order valence-electron chi connectivity index (χ3n) is 6.57. The molecule has 0 saturated carbocycles. The molecule has 2 aromatic rings. The Bertz CT molecular complexity index is 1270. The third kappa shape index (κ3) is 8.41. The molecule has 220 valence electrons. The van der Waals surface area contributed by atoms with Crippen molar-refractivity contribution in [3.8, 4) is 11.5 Å². The number of carbonyl (C=O) groups is 2. The van der Waals surface area contributed by atoms with Gasteiger partial charge in [-0.25, -0.2) is 8.42 Å². The molecule has 1 aliphatic rings. The van der Waals surface area contributed by atoms with Gasteiger partial charge in [-0.2, -0.15) is 0 Å². The molecule has 1 atom stereocenters. The van der Waals surface area contributed by atoms with Crippen molar-refractivity contribution in [2.24, 2.45) is 0 Å². The monoisotopic (exact) mass is 613 g/mol. The molecule has 12 heteroatoms. The minimum atomic E-state index is -3.66. The van der Waals surface area contributed by atoms with Gasteiger partial charge in [-0.3, -0.25) is 13.9 Å². The molecule has 1 N–H and O–H groups in total. The van der Waals surface area contributed by atoms with E-state index in [1.54, 1.807) is 36.4 Å². The first kappa shape index (κ1) is 31.8. The van der Waals surface area contributed by atoms with Crippen LogP contribution in [0.1, 0.15) is 51.5 Å². The number of ether oxygens (including phenoxy) is 2. The largest absolute Gasteiger partial charge is 0.486 e.